The number of ether oxygens (including phenoxy) is 1. The van der Waals surface area contributed by atoms with Crippen molar-refractivity contribution in [1.82, 2.24) is 14.1 Å². The Hall–Kier alpha value is -2.43. The molecule has 3 rings (SSSR count). The van der Waals surface area contributed by atoms with Crippen LogP contribution in [0.1, 0.15) is 16.1 Å². The summed E-state index contributed by atoms with van der Waals surface area (Å²) in [6, 6.07) is 6.40. The van der Waals surface area contributed by atoms with E-state index in [1.807, 2.05) is 11.8 Å². The third kappa shape index (κ3) is 4.03. The number of rotatable bonds is 5. The Morgan fingerprint density at radius 2 is 1.89 bits per heavy atom. The maximum atomic E-state index is 13.1. The van der Waals surface area contributed by atoms with Crippen molar-refractivity contribution in [2.24, 2.45) is 7.05 Å². The van der Waals surface area contributed by atoms with E-state index in [0.717, 1.165) is 10.00 Å². The first-order valence-electron chi connectivity index (χ1n) is 8.91. The molecule has 1 N–H and O–H groups in total. The molecule has 1 aromatic carbocycles. The van der Waals surface area contributed by atoms with Crippen molar-refractivity contribution in [1.29, 1.82) is 0 Å². The van der Waals surface area contributed by atoms with Gasteiger partial charge in [0.05, 0.1) is 29.4 Å². The van der Waals surface area contributed by atoms with Gasteiger partial charge in [-0.25, -0.2) is 12.7 Å². The monoisotopic (exact) mass is 407 g/mol. The van der Waals surface area contributed by atoms with E-state index in [-0.39, 0.29) is 10.8 Å². The number of morpholine rings is 1. The van der Waals surface area contributed by atoms with Crippen LogP contribution in [0, 0.1) is 6.92 Å². The molecule has 2 heterocycles. The lowest BCUT2D eigenvalue weighted by molar-refractivity contribution is 0.102. The molecule has 152 valence electrons. The van der Waals surface area contributed by atoms with Crippen LogP contribution < -0.4 is 10.2 Å². The van der Waals surface area contributed by atoms with Crippen molar-refractivity contribution < 1.29 is 17.9 Å². The molecule has 1 amide bonds. The summed E-state index contributed by atoms with van der Waals surface area (Å²) in [5, 5.41) is 7.05. The minimum absolute atomic E-state index is 0.0702. The molecule has 0 unspecified atom stereocenters. The molecule has 1 aliphatic heterocycles. The highest BCUT2D eigenvalue weighted by molar-refractivity contribution is 7.89. The summed E-state index contributed by atoms with van der Waals surface area (Å²) in [4.78, 5) is 15.2. The summed E-state index contributed by atoms with van der Waals surface area (Å²) in [6.45, 7) is 4.20. The lowest BCUT2D eigenvalue weighted by Gasteiger charge is -2.30. The van der Waals surface area contributed by atoms with Gasteiger partial charge in [0.1, 0.15) is 5.82 Å². The van der Waals surface area contributed by atoms with E-state index in [9.17, 15) is 13.2 Å². The van der Waals surface area contributed by atoms with Crippen LogP contribution >= 0.6 is 0 Å². The molecule has 0 radical (unpaired) electrons. The minimum atomic E-state index is -3.66. The lowest BCUT2D eigenvalue weighted by Crippen LogP contribution is -2.37. The van der Waals surface area contributed by atoms with Gasteiger partial charge >= 0.3 is 0 Å². The second-order valence-electron chi connectivity index (χ2n) is 6.81. The van der Waals surface area contributed by atoms with Crippen molar-refractivity contribution in [3.05, 3.63) is 35.5 Å². The van der Waals surface area contributed by atoms with E-state index in [1.165, 1.54) is 26.2 Å². The van der Waals surface area contributed by atoms with E-state index < -0.39 is 10.0 Å². The van der Waals surface area contributed by atoms with Crippen molar-refractivity contribution >= 4 is 27.4 Å². The number of anilines is 2. The number of amides is 1. The molecule has 0 bridgehead atoms. The minimum Gasteiger partial charge on any atom is -0.378 e. The van der Waals surface area contributed by atoms with E-state index in [1.54, 1.807) is 23.9 Å². The number of nitrogens with zero attached hydrogens (tertiary/aromatic N) is 4. The standard InChI is InChI=1S/C18H25N5O4S/c1-13-11-17(22(4)20-13)19-18(24)15-12-14(28(25,26)21(2)3)5-6-16(15)23-7-9-27-10-8-23/h5-6,11-12H,7-10H2,1-4H3,(H,19,24). The van der Waals surface area contributed by atoms with E-state index in [2.05, 4.69) is 10.4 Å². The molecule has 0 atom stereocenters. The molecule has 1 aliphatic rings. The number of hydrogen-bond donors (Lipinski definition) is 1. The fourth-order valence-electron chi connectivity index (χ4n) is 3.06. The molecule has 10 heteroatoms. The highest BCUT2D eigenvalue weighted by Gasteiger charge is 2.24. The summed E-state index contributed by atoms with van der Waals surface area (Å²) in [5.41, 5.74) is 1.75. The molecule has 2 aromatic rings. The van der Waals surface area contributed by atoms with Gasteiger partial charge in [-0.1, -0.05) is 0 Å². The molecule has 9 nitrogen and oxygen atoms in total. The second kappa shape index (κ2) is 7.90. The molecule has 1 aromatic heterocycles. The summed E-state index contributed by atoms with van der Waals surface area (Å²) < 4.78 is 33.2. The van der Waals surface area contributed by atoms with Crippen LogP contribution in [0.3, 0.4) is 0 Å². The smallest absolute Gasteiger partial charge is 0.258 e. The number of sulfonamides is 1. The Morgan fingerprint density at radius 1 is 1.21 bits per heavy atom. The number of carbonyl (C=O) groups excluding carboxylic acids is 1. The number of nitrogens with one attached hydrogen (secondary N) is 1. The van der Waals surface area contributed by atoms with E-state index >= 15 is 0 Å². The molecule has 28 heavy (non-hydrogen) atoms. The average molecular weight is 407 g/mol. The summed E-state index contributed by atoms with van der Waals surface area (Å²) in [5.74, 6) is 0.150. The van der Waals surface area contributed by atoms with Gasteiger partial charge in [0, 0.05) is 46.0 Å². The van der Waals surface area contributed by atoms with Crippen molar-refractivity contribution in [2.45, 2.75) is 11.8 Å². The second-order valence-corrected chi connectivity index (χ2v) is 8.97. The van der Waals surface area contributed by atoms with Gasteiger partial charge in [0.2, 0.25) is 10.0 Å². The Labute approximate surface area is 164 Å². The number of carbonyl (C=O) groups is 1. The lowest BCUT2D eigenvalue weighted by atomic mass is 10.1. The molecule has 1 fully saturated rings. The molecule has 0 saturated carbocycles. The van der Waals surface area contributed by atoms with Crippen molar-refractivity contribution in [2.75, 3.05) is 50.6 Å². The SMILES string of the molecule is Cc1cc(NC(=O)c2cc(S(=O)(=O)N(C)C)ccc2N2CCOCC2)n(C)n1. The van der Waals surface area contributed by atoms with Gasteiger partial charge in [-0.15, -0.1) is 0 Å². The van der Waals surface area contributed by atoms with Crippen LogP contribution in [0.15, 0.2) is 29.2 Å². The predicted molar refractivity (Wildman–Crippen MR) is 106 cm³/mol. The quantitative estimate of drug-likeness (QED) is 0.796. The fraction of sp³-hybridized carbons (Fsp3) is 0.444. The first-order chi connectivity index (χ1) is 13.2. The van der Waals surface area contributed by atoms with Crippen LogP contribution in [0.4, 0.5) is 11.5 Å². The normalized spacial score (nSPS) is 15.1. The number of aryl methyl sites for hydroxylation is 2. The Bertz CT molecular complexity index is 978. The van der Waals surface area contributed by atoms with Gasteiger partial charge < -0.3 is 15.0 Å². The van der Waals surface area contributed by atoms with Gasteiger partial charge in [0.15, 0.2) is 0 Å². The summed E-state index contributed by atoms with van der Waals surface area (Å²) in [6.07, 6.45) is 0. The summed E-state index contributed by atoms with van der Waals surface area (Å²) >= 11 is 0. The van der Waals surface area contributed by atoms with E-state index in [0.29, 0.717) is 43.4 Å². The van der Waals surface area contributed by atoms with Gasteiger partial charge in [-0.3, -0.25) is 9.48 Å². The van der Waals surface area contributed by atoms with E-state index in [4.69, 9.17) is 4.74 Å². The predicted octanol–water partition coefficient (Wildman–Crippen LogP) is 1.07. The topological polar surface area (TPSA) is 96.8 Å². The largest absolute Gasteiger partial charge is 0.378 e. The highest BCUT2D eigenvalue weighted by Crippen LogP contribution is 2.27. The fourth-order valence-corrected chi connectivity index (χ4v) is 3.99. The van der Waals surface area contributed by atoms with Gasteiger partial charge in [-0.2, -0.15) is 5.10 Å². The maximum absolute atomic E-state index is 13.1. The highest BCUT2D eigenvalue weighted by atomic mass is 32.2. The summed E-state index contributed by atoms with van der Waals surface area (Å²) in [7, 11) is 0.993. The maximum Gasteiger partial charge on any atom is 0.258 e. The Morgan fingerprint density at radius 3 is 2.46 bits per heavy atom. The molecule has 0 spiro atoms. The van der Waals surface area contributed by atoms with Crippen LogP contribution in [-0.2, 0) is 21.8 Å². The van der Waals surface area contributed by atoms with Gasteiger partial charge in [-0.05, 0) is 25.1 Å². The van der Waals surface area contributed by atoms with Gasteiger partial charge in [0.25, 0.3) is 5.91 Å². The van der Waals surface area contributed by atoms with Crippen molar-refractivity contribution in [3.63, 3.8) is 0 Å². The first kappa shape index (κ1) is 20.3. The van der Waals surface area contributed by atoms with Crippen LogP contribution in [0.2, 0.25) is 0 Å². The number of hydrogen-bond acceptors (Lipinski definition) is 6. The molecular weight excluding hydrogens is 382 g/mol. The van der Waals surface area contributed by atoms with Crippen LogP contribution in [0.5, 0.6) is 0 Å². The molecule has 0 aliphatic carbocycles. The Kier molecular flexibility index (Phi) is 5.73. The average Bonchev–Trinajstić information content (AvgIpc) is 2.98. The zero-order valence-electron chi connectivity index (χ0n) is 16.5. The zero-order valence-corrected chi connectivity index (χ0v) is 17.3. The number of benzene rings is 1. The molecule has 1 saturated heterocycles. The Balaban J connectivity index is 2.03. The van der Waals surface area contributed by atoms with Crippen LogP contribution in [-0.4, -0.2) is 68.8 Å². The van der Waals surface area contributed by atoms with Crippen LogP contribution in [0.25, 0.3) is 0 Å². The number of aromatic nitrogens is 2. The molecular formula is C18H25N5O4S. The third-order valence-corrected chi connectivity index (χ3v) is 6.40. The zero-order chi connectivity index (χ0) is 20.5. The first-order valence-corrected chi connectivity index (χ1v) is 10.4. The van der Waals surface area contributed by atoms with Crippen molar-refractivity contribution in [3.8, 4) is 0 Å². The third-order valence-electron chi connectivity index (χ3n) is 4.59.